The molecule has 1 saturated heterocycles. The zero-order chi connectivity index (χ0) is 19.8. The zero-order valence-corrected chi connectivity index (χ0v) is 16.5. The molecule has 1 amide bonds. The number of carbonyl (C=O) groups is 1. The van der Waals surface area contributed by atoms with Crippen LogP contribution in [0.2, 0.25) is 0 Å². The Balaban J connectivity index is 1.48. The summed E-state index contributed by atoms with van der Waals surface area (Å²) in [7, 11) is 0. The Morgan fingerprint density at radius 1 is 1.04 bits per heavy atom. The lowest BCUT2D eigenvalue weighted by atomic mass is 9.89. The normalized spacial score (nSPS) is 18.9. The first-order valence-corrected chi connectivity index (χ1v) is 10.1. The molecule has 0 spiro atoms. The standard InChI is InChI=1S/C23H30N2O3/c1-2-27-21-11-6-7-12-22(21)28-14-8-13-23(26)25-16-19(15-24)20(17-25)18-9-4-3-5-10-18/h3-7,9-12,19-20H,2,8,13-17,24H2,1H3/t19-,20+/m1/s1. The van der Waals surface area contributed by atoms with Gasteiger partial charge in [0, 0.05) is 25.4 Å². The Morgan fingerprint density at radius 2 is 1.71 bits per heavy atom. The smallest absolute Gasteiger partial charge is 0.222 e. The highest BCUT2D eigenvalue weighted by Gasteiger charge is 2.34. The van der Waals surface area contributed by atoms with Crippen molar-refractivity contribution in [1.29, 1.82) is 0 Å². The van der Waals surface area contributed by atoms with E-state index >= 15 is 0 Å². The van der Waals surface area contributed by atoms with Gasteiger partial charge < -0.3 is 20.1 Å². The maximum Gasteiger partial charge on any atom is 0.222 e. The number of amides is 1. The van der Waals surface area contributed by atoms with E-state index in [4.69, 9.17) is 15.2 Å². The van der Waals surface area contributed by atoms with Crippen molar-refractivity contribution in [3.8, 4) is 11.5 Å². The van der Waals surface area contributed by atoms with E-state index in [1.807, 2.05) is 54.3 Å². The highest BCUT2D eigenvalue weighted by Crippen LogP contribution is 2.32. The monoisotopic (exact) mass is 382 g/mol. The van der Waals surface area contributed by atoms with Gasteiger partial charge in [0.2, 0.25) is 5.91 Å². The molecular weight excluding hydrogens is 352 g/mol. The van der Waals surface area contributed by atoms with E-state index in [1.54, 1.807) is 0 Å². The van der Waals surface area contributed by atoms with E-state index in [9.17, 15) is 4.79 Å². The first-order valence-electron chi connectivity index (χ1n) is 10.1. The van der Waals surface area contributed by atoms with Crippen LogP contribution in [0.25, 0.3) is 0 Å². The molecule has 2 aromatic carbocycles. The molecule has 1 aliphatic heterocycles. The van der Waals surface area contributed by atoms with Gasteiger partial charge in [-0.2, -0.15) is 0 Å². The van der Waals surface area contributed by atoms with Gasteiger partial charge in [-0.25, -0.2) is 0 Å². The van der Waals surface area contributed by atoms with Gasteiger partial charge in [-0.1, -0.05) is 42.5 Å². The minimum atomic E-state index is 0.179. The average Bonchev–Trinajstić information content (AvgIpc) is 3.18. The summed E-state index contributed by atoms with van der Waals surface area (Å²) < 4.78 is 11.4. The second kappa shape index (κ2) is 10.1. The number of nitrogens with zero attached hydrogens (tertiary/aromatic N) is 1. The number of benzene rings is 2. The van der Waals surface area contributed by atoms with Crippen molar-refractivity contribution in [1.82, 2.24) is 4.90 Å². The van der Waals surface area contributed by atoms with Crippen LogP contribution in [0, 0.1) is 5.92 Å². The SMILES string of the molecule is CCOc1ccccc1OCCCC(=O)N1C[C@@H](CN)[C@H](c2ccccc2)C1. The minimum Gasteiger partial charge on any atom is -0.490 e. The van der Waals surface area contributed by atoms with Gasteiger partial charge in [0.05, 0.1) is 13.2 Å². The minimum absolute atomic E-state index is 0.179. The Hall–Kier alpha value is -2.53. The third-order valence-corrected chi connectivity index (χ3v) is 5.27. The molecule has 1 heterocycles. The van der Waals surface area contributed by atoms with E-state index in [0.717, 1.165) is 24.6 Å². The fraction of sp³-hybridized carbons (Fsp3) is 0.435. The summed E-state index contributed by atoms with van der Waals surface area (Å²) in [5.74, 6) is 2.29. The second-order valence-corrected chi connectivity index (χ2v) is 7.14. The first kappa shape index (κ1) is 20.2. The van der Waals surface area contributed by atoms with Crippen molar-refractivity contribution in [3.05, 3.63) is 60.2 Å². The molecule has 0 radical (unpaired) electrons. The van der Waals surface area contributed by atoms with Crippen LogP contribution in [0.4, 0.5) is 0 Å². The summed E-state index contributed by atoms with van der Waals surface area (Å²) in [6.45, 7) is 5.12. The number of carbonyl (C=O) groups excluding carboxylic acids is 1. The zero-order valence-electron chi connectivity index (χ0n) is 16.5. The molecule has 0 aromatic heterocycles. The lowest BCUT2D eigenvalue weighted by Crippen LogP contribution is -2.29. The Morgan fingerprint density at radius 3 is 2.39 bits per heavy atom. The highest BCUT2D eigenvalue weighted by atomic mass is 16.5. The number of ether oxygens (including phenoxy) is 2. The van der Waals surface area contributed by atoms with Gasteiger partial charge in [0.1, 0.15) is 0 Å². The van der Waals surface area contributed by atoms with Crippen molar-refractivity contribution < 1.29 is 14.3 Å². The van der Waals surface area contributed by atoms with E-state index in [-0.39, 0.29) is 5.91 Å². The third-order valence-electron chi connectivity index (χ3n) is 5.27. The maximum atomic E-state index is 12.7. The number of likely N-dealkylation sites (tertiary alicyclic amines) is 1. The van der Waals surface area contributed by atoms with E-state index in [2.05, 4.69) is 12.1 Å². The quantitative estimate of drug-likeness (QED) is 0.675. The molecule has 0 aliphatic carbocycles. The molecule has 5 heteroatoms. The number of para-hydroxylation sites is 2. The van der Waals surface area contributed by atoms with Crippen molar-refractivity contribution in [2.24, 2.45) is 11.7 Å². The Labute approximate surface area is 167 Å². The van der Waals surface area contributed by atoms with E-state index in [0.29, 0.717) is 44.4 Å². The highest BCUT2D eigenvalue weighted by molar-refractivity contribution is 5.76. The summed E-state index contributed by atoms with van der Waals surface area (Å²) in [5.41, 5.74) is 7.25. The van der Waals surface area contributed by atoms with Crippen LogP contribution in [-0.4, -0.2) is 43.7 Å². The van der Waals surface area contributed by atoms with Crippen LogP contribution in [-0.2, 0) is 4.79 Å². The Kier molecular flexibility index (Phi) is 7.31. The van der Waals surface area contributed by atoms with Crippen molar-refractivity contribution in [3.63, 3.8) is 0 Å². The number of nitrogens with two attached hydrogens (primary N) is 1. The van der Waals surface area contributed by atoms with Gasteiger partial charge in [-0.15, -0.1) is 0 Å². The summed E-state index contributed by atoms with van der Waals surface area (Å²) in [4.78, 5) is 14.6. The van der Waals surface area contributed by atoms with Crippen LogP contribution in [0.3, 0.4) is 0 Å². The molecule has 1 fully saturated rings. The van der Waals surface area contributed by atoms with E-state index < -0.39 is 0 Å². The molecule has 3 rings (SSSR count). The molecule has 0 saturated carbocycles. The van der Waals surface area contributed by atoms with Crippen LogP contribution in [0.1, 0.15) is 31.2 Å². The van der Waals surface area contributed by atoms with Crippen LogP contribution in [0.15, 0.2) is 54.6 Å². The summed E-state index contributed by atoms with van der Waals surface area (Å²) in [6.07, 6.45) is 1.16. The molecule has 2 atom stereocenters. The van der Waals surface area contributed by atoms with Crippen molar-refractivity contribution in [2.75, 3.05) is 32.8 Å². The molecule has 0 bridgehead atoms. The number of hydrogen-bond donors (Lipinski definition) is 1. The lowest BCUT2D eigenvalue weighted by molar-refractivity contribution is -0.130. The number of rotatable bonds is 9. The summed E-state index contributed by atoms with van der Waals surface area (Å²) in [6, 6.07) is 18.0. The molecule has 28 heavy (non-hydrogen) atoms. The molecule has 1 aliphatic rings. The molecule has 2 N–H and O–H groups in total. The van der Waals surface area contributed by atoms with Gasteiger partial charge in [0.25, 0.3) is 0 Å². The maximum absolute atomic E-state index is 12.7. The van der Waals surface area contributed by atoms with Gasteiger partial charge in [-0.05, 0) is 43.5 Å². The molecule has 150 valence electrons. The van der Waals surface area contributed by atoms with Crippen molar-refractivity contribution >= 4 is 5.91 Å². The number of hydrogen-bond acceptors (Lipinski definition) is 4. The summed E-state index contributed by atoms with van der Waals surface area (Å²) in [5, 5.41) is 0. The topological polar surface area (TPSA) is 64.8 Å². The first-order chi connectivity index (χ1) is 13.7. The fourth-order valence-electron chi connectivity index (χ4n) is 3.80. The predicted octanol–water partition coefficient (Wildman–Crippen LogP) is 3.45. The van der Waals surface area contributed by atoms with E-state index in [1.165, 1.54) is 5.56 Å². The Bertz CT molecular complexity index is 751. The average molecular weight is 383 g/mol. The lowest BCUT2D eigenvalue weighted by Gasteiger charge is -2.17. The van der Waals surface area contributed by atoms with Gasteiger partial charge in [0.15, 0.2) is 11.5 Å². The second-order valence-electron chi connectivity index (χ2n) is 7.14. The van der Waals surface area contributed by atoms with Gasteiger partial charge >= 0.3 is 0 Å². The largest absolute Gasteiger partial charge is 0.490 e. The molecule has 2 aromatic rings. The molecule has 5 nitrogen and oxygen atoms in total. The van der Waals surface area contributed by atoms with Crippen LogP contribution < -0.4 is 15.2 Å². The predicted molar refractivity (Wildman–Crippen MR) is 111 cm³/mol. The van der Waals surface area contributed by atoms with Crippen molar-refractivity contribution in [2.45, 2.75) is 25.7 Å². The van der Waals surface area contributed by atoms with Crippen LogP contribution in [0.5, 0.6) is 11.5 Å². The van der Waals surface area contributed by atoms with Gasteiger partial charge in [-0.3, -0.25) is 4.79 Å². The fourth-order valence-corrected chi connectivity index (χ4v) is 3.80. The molecular formula is C23H30N2O3. The molecule has 0 unspecified atom stereocenters. The van der Waals surface area contributed by atoms with Crippen LogP contribution >= 0.6 is 0 Å². The third kappa shape index (κ3) is 5.04. The summed E-state index contributed by atoms with van der Waals surface area (Å²) >= 11 is 0.